The molecule has 2 heterocycles. The summed E-state index contributed by atoms with van der Waals surface area (Å²) in [6.45, 7) is 5.09. The zero-order valence-electron chi connectivity index (χ0n) is 9.98. The first-order chi connectivity index (χ1) is 7.74. The molecule has 2 rings (SSSR count). The highest BCUT2D eigenvalue weighted by Crippen LogP contribution is 2.24. The van der Waals surface area contributed by atoms with Gasteiger partial charge in [-0.15, -0.1) is 10.2 Å². The van der Waals surface area contributed by atoms with E-state index in [1.807, 2.05) is 18.4 Å². The summed E-state index contributed by atoms with van der Waals surface area (Å²) >= 11 is 0. The summed E-state index contributed by atoms with van der Waals surface area (Å²) in [6.07, 6.45) is 3.58. The molecule has 0 spiro atoms. The number of aromatic nitrogens is 3. The molecule has 1 aliphatic heterocycles. The molecule has 1 aromatic rings. The minimum Gasteiger partial charge on any atom is -0.394 e. The van der Waals surface area contributed by atoms with Crippen molar-refractivity contribution in [1.82, 2.24) is 20.1 Å². The van der Waals surface area contributed by atoms with Crippen LogP contribution in [0.4, 0.5) is 0 Å². The Morgan fingerprint density at radius 2 is 2.31 bits per heavy atom. The number of piperidine rings is 1. The molecule has 0 aliphatic carbocycles. The molecule has 1 aliphatic rings. The van der Waals surface area contributed by atoms with Gasteiger partial charge in [-0.25, -0.2) is 0 Å². The van der Waals surface area contributed by atoms with Gasteiger partial charge in [0.05, 0.1) is 18.7 Å². The Kier molecular flexibility index (Phi) is 3.56. The number of nitrogens with one attached hydrogen (secondary N) is 1. The lowest BCUT2D eigenvalue weighted by Crippen LogP contribution is -2.30. The summed E-state index contributed by atoms with van der Waals surface area (Å²) in [7, 11) is 0. The fraction of sp³-hybridized carbons (Fsp3) is 0.818. The molecule has 0 saturated carbocycles. The van der Waals surface area contributed by atoms with E-state index in [0.29, 0.717) is 6.04 Å². The van der Waals surface area contributed by atoms with Crippen LogP contribution in [0.15, 0.2) is 0 Å². The summed E-state index contributed by atoms with van der Waals surface area (Å²) in [5, 5.41) is 21.1. The lowest BCUT2D eigenvalue weighted by molar-refractivity contribution is 0.230. The molecular formula is C11H20N4O. The number of rotatable bonds is 3. The molecule has 2 unspecified atom stereocenters. The van der Waals surface area contributed by atoms with Crippen LogP contribution < -0.4 is 5.32 Å². The molecule has 1 aromatic heterocycles. The maximum Gasteiger partial charge on any atom is 0.150 e. The molecule has 0 aromatic carbocycles. The molecule has 5 nitrogen and oxygen atoms in total. The third-order valence-corrected chi connectivity index (χ3v) is 3.22. The predicted molar refractivity (Wildman–Crippen MR) is 61.2 cm³/mol. The molecule has 2 N–H and O–H groups in total. The zero-order chi connectivity index (χ0) is 11.5. The molecule has 90 valence electrons. The van der Waals surface area contributed by atoms with Crippen molar-refractivity contribution < 1.29 is 5.11 Å². The second-order valence-corrected chi connectivity index (χ2v) is 4.51. The quantitative estimate of drug-likeness (QED) is 0.802. The summed E-state index contributed by atoms with van der Waals surface area (Å²) < 4.78 is 2.04. The van der Waals surface area contributed by atoms with Gasteiger partial charge >= 0.3 is 0 Å². The maximum atomic E-state index is 9.26. The van der Waals surface area contributed by atoms with Gasteiger partial charge < -0.3 is 15.0 Å². The van der Waals surface area contributed by atoms with Crippen LogP contribution in [0.25, 0.3) is 0 Å². The second-order valence-electron chi connectivity index (χ2n) is 4.51. The van der Waals surface area contributed by atoms with E-state index in [9.17, 15) is 5.11 Å². The molecule has 5 heteroatoms. The Bertz CT molecular complexity index is 344. The first-order valence-corrected chi connectivity index (χ1v) is 5.99. The van der Waals surface area contributed by atoms with Crippen molar-refractivity contribution in [2.45, 2.75) is 45.2 Å². The minimum atomic E-state index is 0.0497. The van der Waals surface area contributed by atoms with Crippen LogP contribution in [-0.4, -0.2) is 33.0 Å². The van der Waals surface area contributed by atoms with Crippen LogP contribution in [-0.2, 0) is 0 Å². The van der Waals surface area contributed by atoms with Crippen molar-refractivity contribution >= 4 is 0 Å². The van der Waals surface area contributed by atoms with Crippen molar-refractivity contribution in [1.29, 1.82) is 0 Å². The molecule has 1 fully saturated rings. The summed E-state index contributed by atoms with van der Waals surface area (Å²) in [5.41, 5.74) is 0. The molecule has 16 heavy (non-hydrogen) atoms. The summed E-state index contributed by atoms with van der Waals surface area (Å²) in [4.78, 5) is 0. The van der Waals surface area contributed by atoms with E-state index in [0.717, 1.165) is 24.6 Å². The molecular weight excluding hydrogens is 204 g/mol. The van der Waals surface area contributed by atoms with E-state index in [1.54, 1.807) is 0 Å². The van der Waals surface area contributed by atoms with Crippen molar-refractivity contribution in [2.75, 3.05) is 13.2 Å². The van der Waals surface area contributed by atoms with Gasteiger partial charge in [-0.3, -0.25) is 0 Å². The van der Waals surface area contributed by atoms with E-state index in [2.05, 4.69) is 15.5 Å². The SMILES string of the molecule is Cc1nnc(C2CCCCN2)n1C(C)CO. The molecule has 0 amide bonds. The highest BCUT2D eigenvalue weighted by Gasteiger charge is 2.23. The van der Waals surface area contributed by atoms with Gasteiger partial charge in [0.15, 0.2) is 5.82 Å². The standard InChI is InChI=1S/C11H20N4O/c1-8(7-16)15-9(2)13-14-11(15)10-5-3-4-6-12-10/h8,10,12,16H,3-7H2,1-2H3. The number of hydrogen-bond donors (Lipinski definition) is 2. The number of nitrogens with zero attached hydrogens (tertiary/aromatic N) is 3. The van der Waals surface area contributed by atoms with Crippen LogP contribution in [0.5, 0.6) is 0 Å². The number of aryl methyl sites for hydroxylation is 1. The van der Waals surface area contributed by atoms with Crippen molar-refractivity contribution in [3.8, 4) is 0 Å². The van der Waals surface area contributed by atoms with Gasteiger partial charge in [-0.2, -0.15) is 0 Å². The smallest absolute Gasteiger partial charge is 0.150 e. The molecule has 2 atom stereocenters. The van der Waals surface area contributed by atoms with Crippen LogP contribution in [0.1, 0.15) is 49.9 Å². The normalized spacial score (nSPS) is 23.3. The van der Waals surface area contributed by atoms with Crippen LogP contribution in [0.3, 0.4) is 0 Å². The first kappa shape index (κ1) is 11.5. The van der Waals surface area contributed by atoms with Gasteiger partial charge in [0, 0.05) is 0 Å². The van der Waals surface area contributed by atoms with Gasteiger partial charge in [0.2, 0.25) is 0 Å². The number of aliphatic hydroxyl groups is 1. The summed E-state index contributed by atoms with van der Waals surface area (Å²) in [6, 6.07) is 0.345. The Hall–Kier alpha value is -0.940. The second kappa shape index (κ2) is 4.93. The lowest BCUT2D eigenvalue weighted by Gasteiger charge is -2.25. The van der Waals surface area contributed by atoms with Gasteiger partial charge in [0.1, 0.15) is 5.82 Å². The lowest BCUT2D eigenvalue weighted by atomic mass is 10.0. The van der Waals surface area contributed by atoms with E-state index in [-0.39, 0.29) is 12.6 Å². The Morgan fingerprint density at radius 3 is 2.94 bits per heavy atom. The van der Waals surface area contributed by atoms with Crippen LogP contribution in [0.2, 0.25) is 0 Å². The van der Waals surface area contributed by atoms with E-state index in [1.165, 1.54) is 12.8 Å². The molecule has 0 bridgehead atoms. The predicted octanol–water partition coefficient (Wildman–Crippen LogP) is 0.954. The third kappa shape index (κ3) is 2.10. The Labute approximate surface area is 95.9 Å². The van der Waals surface area contributed by atoms with Gasteiger partial charge in [-0.05, 0) is 33.2 Å². The fourth-order valence-corrected chi connectivity index (χ4v) is 2.32. The first-order valence-electron chi connectivity index (χ1n) is 5.99. The van der Waals surface area contributed by atoms with E-state index >= 15 is 0 Å². The average molecular weight is 224 g/mol. The molecule has 0 radical (unpaired) electrons. The van der Waals surface area contributed by atoms with Crippen molar-refractivity contribution in [3.63, 3.8) is 0 Å². The zero-order valence-corrected chi connectivity index (χ0v) is 9.98. The largest absolute Gasteiger partial charge is 0.394 e. The topological polar surface area (TPSA) is 63.0 Å². The maximum absolute atomic E-state index is 9.26. The molecule has 1 saturated heterocycles. The van der Waals surface area contributed by atoms with E-state index in [4.69, 9.17) is 0 Å². The highest BCUT2D eigenvalue weighted by atomic mass is 16.3. The summed E-state index contributed by atoms with van der Waals surface area (Å²) in [5.74, 6) is 1.85. The third-order valence-electron chi connectivity index (χ3n) is 3.22. The van der Waals surface area contributed by atoms with Gasteiger partial charge in [-0.1, -0.05) is 6.42 Å². The highest BCUT2D eigenvalue weighted by molar-refractivity contribution is 5.03. The Morgan fingerprint density at radius 1 is 1.50 bits per heavy atom. The fourth-order valence-electron chi connectivity index (χ4n) is 2.32. The average Bonchev–Trinajstić information content (AvgIpc) is 2.71. The number of aliphatic hydroxyl groups excluding tert-OH is 1. The number of hydrogen-bond acceptors (Lipinski definition) is 4. The van der Waals surface area contributed by atoms with Crippen molar-refractivity contribution in [2.24, 2.45) is 0 Å². The van der Waals surface area contributed by atoms with Gasteiger partial charge in [0.25, 0.3) is 0 Å². The van der Waals surface area contributed by atoms with Crippen molar-refractivity contribution in [3.05, 3.63) is 11.6 Å². The van der Waals surface area contributed by atoms with Crippen LogP contribution in [0, 0.1) is 6.92 Å². The van der Waals surface area contributed by atoms with Crippen LogP contribution >= 0.6 is 0 Å². The Balaban J connectivity index is 2.25. The van der Waals surface area contributed by atoms with E-state index < -0.39 is 0 Å². The monoisotopic (exact) mass is 224 g/mol. The minimum absolute atomic E-state index is 0.0497.